The average Bonchev–Trinajstić information content (AvgIpc) is 3.38. The first kappa shape index (κ1) is 26.8. The second kappa shape index (κ2) is 11.3. The first-order valence-electron chi connectivity index (χ1n) is 10.8. The van der Waals surface area contributed by atoms with E-state index >= 15 is 0 Å². The van der Waals surface area contributed by atoms with Gasteiger partial charge in [-0.25, -0.2) is 19.4 Å². The van der Waals surface area contributed by atoms with Gasteiger partial charge < -0.3 is 19.6 Å². The van der Waals surface area contributed by atoms with Gasteiger partial charge in [0, 0.05) is 24.8 Å². The lowest BCUT2D eigenvalue weighted by atomic mass is 10.3. The molecule has 0 bridgehead atoms. The minimum atomic E-state index is -5.08. The second-order valence-corrected chi connectivity index (χ2v) is 7.92. The number of anilines is 1. The number of furan rings is 1. The molecule has 11 nitrogen and oxygen atoms in total. The lowest BCUT2D eigenvalue weighted by molar-refractivity contribution is -0.192. The first-order valence-corrected chi connectivity index (χ1v) is 10.8. The molecule has 0 aliphatic carbocycles. The summed E-state index contributed by atoms with van der Waals surface area (Å²) in [5.41, 5.74) is 1.82. The van der Waals surface area contributed by atoms with Gasteiger partial charge in [-0.3, -0.25) is 9.69 Å². The molecule has 1 fully saturated rings. The van der Waals surface area contributed by atoms with Crippen LogP contribution in [0.3, 0.4) is 0 Å². The standard InChI is InChI=1S/C20H24N6O3.C2HF3O2/c1-13-10-14(2)26(24-13)18-11-17(21-19(27)12-25-6-8-28-9-7-25)22-20(23-18)16-5-4-15(3)29-16;3-2(4,5)1(6)7/h4-5,10-11H,6-9,12H2,1-3H3,(H,21,22,23,27);(H,6,7). The van der Waals surface area contributed by atoms with E-state index in [-0.39, 0.29) is 12.5 Å². The van der Waals surface area contributed by atoms with Gasteiger partial charge in [0.15, 0.2) is 17.4 Å². The number of carbonyl (C=O) groups is 2. The molecule has 1 saturated heterocycles. The zero-order valence-electron chi connectivity index (χ0n) is 19.8. The quantitative estimate of drug-likeness (QED) is 0.531. The Morgan fingerprint density at radius 3 is 2.31 bits per heavy atom. The fourth-order valence-electron chi connectivity index (χ4n) is 3.28. The largest absolute Gasteiger partial charge is 0.490 e. The molecule has 1 aliphatic rings. The Hall–Kier alpha value is -3.78. The summed E-state index contributed by atoms with van der Waals surface area (Å²) in [6.45, 7) is 8.80. The van der Waals surface area contributed by atoms with E-state index in [0.29, 0.717) is 36.4 Å². The third-order valence-corrected chi connectivity index (χ3v) is 4.88. The van der Waals surface area contributed by atoms with E-state index in [1.54, 1.807) is 10.7 Å². The molecular formula is C22H25F3N6O5. The van der Waals surface area contributed by atoms with Crippen LogP contribution in [0.4, 0.5) is 19.0 Å². The lowest BCUT2D eigenvalue weighted by Crippen LogP contribution is -2.41. The van der Waals surface area contributed by atoms with Crippen LogP contribution < -0.4 is 5.32 Å². The third kappa shape index (κ3) is 7.36. The normalized spacial score (nSPS) is 14.2. The number of carboxylic acid groups (broad SMARTS) is 1. The Morgan fingerprint density at radius 1 is 1.11 bits per heavy atom. The molecule has 1 amide bonds. The van der Waals surface area contributed by atoms with Crippen LogP contribution in [0.2, 0.25) is 0 Å². The summed E-state index contributed by atoms with van der Waals surface area (Å²) < 4.78 is 44.5. The van der Waals surface area contributed by atoms with Crippen molar-refractivity contribution in [2.75, 3.05) is 38.2 Å². The van der Waals surface area contributed by atoms with Crippen LogP contribution in [-0.4, -0.2) is 80.7 Å². The number of ether oxygens (including phenoxy) is 1. The molecule has 3 aromatic rings. The van der Waals surface area contributed by atoms with Crippen molar-refractivity contribution in [2.45, 2.75) is 26.9 Å². The zero-order chi connectivity index (χ0) is 26.5. The van der Waals surface area contributed by atoms with E-state index in [1.165, 1.54) is 0 Å². The molecule has 14 heteroatoms. The van der Waals surface area contributed by atoms with Crippen molar-refractivity contribution in [3.05, 3.63) is 41.4 Å². The Morgan fingerprint density at radius 2 is 1.78 bits per heavy atom. The van der Waals surface area contributed by atoms with Crippen molar-refractivity contribution in [2.24, 2.45) is 0 Å². The first-order chi connectivity index (χ1) is 16.9. The lowest BCUT2D eigenvalue weighted by Gasteiger charge is -2.25. The summed E-state index contributed by atoms with van der Waals surface area (Å²) in [5, 5.41) is 14.5. The van der Waals surface area contributed by atoms with Gasteiger partial charge >= 0.3 is 12.1 Å². The molecule has 3 aromatic heterocycles. The molecular weight excluding hydrogens is 485 g/mol. The van der Waals surface area contributed by atoms with Gasteiger partial charge in [-0.1, -0.05) is 0 Å². The number of alkyl halides is 3. The number of nitrogens with one attached hydrogen (secondary N) is 1. The van der Waals surface area contributed by atoms with Crippen LogP contribution in [0.1, 0.15) is 17.1 Å². The Balaban J connectivity index is 0.000000454. The van der Waals surface area contributed by atoms with Crippen molar-refractivity contribution in [3.8, 4) is 17.4 Å². The number of hydrogen-bond donors (Lipinski definition) is 2. The van der Waals surface area contributed by atoms with Crippen LogP contribution in [0, 0.1) is 20.8 Å². The molecule has 0 unspecified atom stereocenters. The van der Waals surface area contributed by atoms with Crippen LogP contribution in [0.25, 0.3) is 17.4 Å². The molecule has 0 saturated carbocycles. The number of rotatable bonds is 5. The van der Waals surface area contributed by atoms with Crippen molar-refractivity contribution in [3.63, 3.8) is 0 Å². The van der Waals surface area contributed by atoms with E-state index in [0.717, 1.165) is 30.2 Å². The molecule has 0 aromatic carbocycles. The molecule has 1 aliphatic heterocycles. The third-order valence-electron chi connectivity index (χ3n) is 4.88. The summed E-state index contributed by atoms with van der Waals surface area (Å²) in [4.78, 5) is 32.6. The Labute approximate surface area is 203 Å². The van der Waals surface area contributed by atoms with E-state index in [2.05, 4.69) is 25.3 Å². The predicted molar refractivity (Wildman–Crippen MR) is 121 cm³/mol. The van der Waals surface area contributed by atoms with Crippen LogP contribution in [-0.2, 0) is 14.3 Å². The van der Waals surface area contributed by atoms with E-state index in [9.17, 15) is 18.0 Å². The topological polar surface area (TPSA) is 136 Å². The highest BCUT2D eigenvalue weighted by atomic mass is 19.4. The monoisotopic (exact) mass is 510 g/mol. The van der Waals surface area contributed by atoms with E-state index in [1.807, 2.05) is 39.0 Å². The maximum atomic E-state index is 12.6. The number of hydrogen-bond acceptors (Lipinski definition) is 8. The van der Waals surface area contributed by atoms with Crippen molar-refractivity contribution >= 4 is 17.7 Å². The summed E-state index contributed by atoms with van der Waals surface area (Å²) >= 11 is 0. The number of aryl methyl sites for hydroxylation is 3. The van der Waals surface area contributed by atoms with Gasteiger partial charge in [0.05, 0.1) is 25.5 Å². The van der Waals surface area contributed by atoms with Gasteiger partial charge in [0.2, 0.25) is 5.91 Å². The highest BCUT2D eigenvalue weighted by Crippen LogP contribution is 2.23. The average molecular weight is 510 g/mol. The highest BCUT2D eigenvalue weighted by molar-refractivity contribution is 5.91. The molecule has 4 rings (SSSR count). The number of aromatic nitrogens is 4. The number of halogens is 3. The van der Waals surface area contributed by atoms with Crippen LogP contribution >= 0.6 is 0 Å². The van der Waals surface area contributed by atoms with Gasteiger partial charge in [-0.2, -0.15) is 18.3 Å². The summed E-state index contributed by atoms with van der Waals surface area (Å²) in [6.07, 6.45) is -5.08. The second-order valence-electron chi connectivity index (χ2n) is 7.92. The fraction of sp³-hybridized carbons (Fsp3) is 0.409. The SMILES string of the molecule is Cc1cc(C)n(-c2cc(NC(=O)CN3CCOCC3)nc(-c3ccc(C)o3)n2)n1.O=C(O)C(F)(F)F. The van der Waals surface area contributed by atoms with Gasteiger partial charge in [-0.15, -0.1) is 0 Å². The van der Waals surface area contributed by atoms with Gasteiger partial charge in [0.1, 0.15) is 11.6 Å². The number of aliphatic carboxylic acids is 1. The van der Waals surface area contributed by atoms with Crippen molar-refractivity contribution in [1.82, 2.24) is 24.6 Å². The number of nitrogens with zero attached hydrogens (tertiary/aromatic N) is 5. The van der Waals surface area contributed by atoms with E-state index in [4.69, 9.17) is 19.1 Å². The minimum Gasteiger partial charge on any atom is -0.475 e. The van der Waals surface area contributed by atoms with Gasteiger partial charge in [0.25, 0.3) is 0 Å². The zero-order valence-corrected chi connectivity index (χ0v) is 19.8. The molecule has 0 spiro atoms. The number of morpholine rings is 1. The van der Waals surface area contributed by atoms with Crippen LogP contribution in [0.15, 0.2) is 28.7 Å². The number of carbonyl (C=O) groups excluding carboxylic acids is 1. The predicted octanol–water partition coefficient (Wildman–Crippen LogP) is 2.75. The van der Waals surface area contributed by atoms with Crippen molar-refractivity contribution in [1.29, 1.82) is 0 Å². The Kier molecular flexibility index (Phi) is 8.42. The highest BCUT2D eigenvalue weighted by Gasteiger charge is 2.38. The minimum absolute atomic E-state index is 0.133. The summed E-state index contributed by atoms with van der Waals surface area (Å²) in [7, 11) is 0. The Bertz CT molecular complexity index is 1220. The van der Waals surface area contributed by atoms with Gasteiger partial charge in [-0.05, 0) is 39.0 Å². The number of amides is 1. The van der Waals surface area contributed by atoms with Crippen LogP contribution in [0.5, 0.6) is 0 Å². The molecule has 2 N–H and O–H groups in total. The molecule has 0 radical (unpaired) electrons. The fourth-order valence-corrected chi connectivity index (χ4v) is 3.28. The molecule has 4 heterocycles. The maximum Gasteiger partial charge on any atom is 0.490 e. The smallest absolute Gasteiger partial charge is 0.475 e. The summed E-state index contributed by atoms with van der Waals surface area (Å²) in [6, 6.07) is 7.35. The van der Waals surface area contributed by atoms with Crippen molar-refractivity contribution < 1.29 is 37.0 Å². The summed E-state index contributed by atoms with van der Waals surface area (Å²) in [5.74, 6) is -0.224. The molecule has 194 valence electrons. The maximum absolute atomic E-state index is 12.6. The molecule has 36 heavy (non-hydrogen) atoms. The van der Waals surface area contributed by atoms with E-state index < -0.39 is 12.1 Å². The number of carboxylic acids is 1. The molecule has 0 atom stereocenters.